The van der Waals surface area contributed by atoms with Gasteiger partial charge in [-0.3, -0.25) is 0 Å². The number of benzene rings is 1. The molecule has 0 unspecified atom stereocenters. The Bertz CT molecular complexity index is 635. The standard InChI is InChI=1S/C14H12N2O2/c1-10-6-7-13(9-15)16(10)12-5-3-4-11(8-12)14(17)18-2/h3-8H,1-2H3. The molecule has 0 saturated heterocycles. The van der Waals surface area contributed by atoms with E-state index in [1.807, 2.05) is 19.1 Å². The summed E-state index contributed by atoms with van der Waals surface area (Å²) in [6.07, 6.45) is 0. The SMILES string of the molecule is COC(=O)c1cccc(-n2c(C)ccc2C#N)c1. The Balaban J connectivity index is 2.55. The highest BCUT2D eigenvalue weighted by atomic mass is 16.5. The van der Waals surface area contributed by atoms with Gasteiger partial charge in [0.25, 0.3) is 0 Å². The van der Waals surface area contributed by atoms with Crippen molar-refractivity contribution in [3.8, 4) is 11.8 Å². The van der Waals surface area contributed by atoms with Crippen LogP contribution in [0, 0.1) is 18.3 Å². The zero-order valence-corrected chi connectivity index (χ0v) is 10.2. The van der Waals surface area contributed by atoms with Gasteiger partial charge in [0.2, 0.25) is 0 Å². The molecule has 0 bridgehead atoms. The highest BCUT2D eigenvalue weighted by Gasteiger charge is 2.10. The highest BCUT2D eigenvalue weighted by Crippen LogP contribution is 2.17. The summed E-state index contributed by atoms with van der Waals surface area (Å²) >= 11 is 0. The topological polar surface area (TPSA) is 55.0 Å². The molecule has 2 aromatic rings. The van der Waals surface area contributed by atoms with E-state index in [-0.39, 0.29) is 5.97 Å². The summed E-state index contributed by atoms with van der Waals surface area (Å²) in [4.78, 5) is 11.5. The smallest absolute Gasteiger partial charge is 0.337 e. The van der Waals surface area contributed by atoms with E-state index in [9.17, 15) is 4.79 Å². The third kappa shape index (κ3) is 1.98. The largest absolute Gasteiger partial charge is 0.465 e. The molecule has 90 valence electrons. The van der Waals surface area contributed by atoms with Crippen molar-refractivity contribution in [1.82, 2.24) is 4.57 Å². The normalized spacial score (nSPS) is 9.83. The number of nitriles is 1. The molecule has 1 heterocycles. The molecule has 18 heavy (non-hydrogen) atoms. The number of carbonyl (C=O) groups is 1. The highest BCUT2D eigenvalue weighted by molar-refractivity contribution is 5.89. The third-order valence-electron chi connectivity index (χ3n) is 2.72. The number of esters is 1. The lowest BCUT2D eigenvalue weighted by molar-refractivity contribution is 0.0600. The van der Waals surface area contributed by atoms with Crippen molar-refractivity contribution in [2.24, 2.45) is 0 Å². The first-order chi connectivity index (χ1) is 8.67. The van der Waals surface area contributed by atoms with Crippen LogP contribution in [-0.4, -0.2) is 17.6 Å². The molecule has 0 fully saturated rings. The van der Waals surface area contributed by atoms with Crippen molar-refractivity contribution >= 4 is 5.97 Å². The molecular weight excluding hydrogens is 228 g/mol. The Labute approximate surface area is 105 Å². The van der Waals surface area contributed by atoms with Crippen LogP contribution in [0.4, 0.5) is 0 Å². The van der Waals surface area contributed by atoms with Gasteiger partial charge >= 0.3 is 5.97 Å². The minimum atomic E-state index is -0.389. The van der Waals surface area contributed by atoms with E-state index in [1.54, 1.807) is 28.8 Å². The van der Waals surface area contributed by atoms with Gasteiger partial charge in [-0.15, -0.1) is 0 Å². The number of ether oxygens (including phenoxy) is 1. The summed E-state index contributed by atoms with van der Waals surface area (Å²) in [5.74, 6) is -0.389. The van der Waals surface area contributed by atoms with Gasteiger partial charge in [-0.05, 0) is 37.3 Å². The Morgan fingerprint density at radius 2 is 2.11 bits per heavy atom. The minimum absolute atomic E-state index is 0.389. The molecule has 0 saturated carbocycles. The predicted octanol–water partition coefficient (Wildman–Crippen LogP) is 2.44. The van der Waals surface area contributed by atoms with Crippen LogP contribution in [0.3, 0.4) is 0 Å². The summed E-state index contributed by atoms with van der Waals surface area (Å²) in [7, 11) is 1.34. The molecule has 1 aromatic heterocycles. The van der Waals surface area contributed by atoms with Crippen LogP contribution in [0.15, 0.2) is 36.4 Å². The number of hydrogen-bond acceptors (Lipinski definition) is 3. The molecule has 2 rings (SSSR count). The van der Waals surface area contributed by atoms with E-state index < -0.39 is 0 Å². The van der Waals surface area contributed by atoms with E-state index >= 15 is 0 Å². The Morgan fingerprint density at radius 1 is 1.33 bits per heavy atom. The van der Waals surface area contributed by atoms with E-state index in [0.29, 0.717) is 11.3 Å². The maximum absolute atomic E-state index is 11.5. The molecule has 1 aromatic carbocycles. The lowest BCUT2D eigenvalue weighted by atomic mass is 10.2. The first-order valence-corrected chi connectivity index (χ1v) is 5.44. The molecular formula is C14H12N2O2. The zero-order valence-electron chi connectivity index (χ0n) is 10.2. The first-order valence-electron chi connectivity index (χ1n) is 5.44. The molecule has 0 N–H and O–H groups in total. The Kier molecular flexibility index (Phi) is 3.16. The molecule has 0 amide bonds. The maximum Gasteiger partial charge on any atom is 0.337 e. The average Bonchev–Trinajstić information content (AvgIpc) is 2.79. The van der Waals surface area contributed by atoms with Crippen LogP contribution in [0.1, 0.15) is 21.7 Å². The fourth-order valence-corrected chi connectivity index (χ4v) is 1.86. The number of aryl methyl sites for hydroxylation is 1. The van der Waals surface area contributed by atoms with E-state index in [2.05, 4.69) is 10.8 Å². The van der Waals surface area contributed by atoms with Crippen LogP contribution in [-0.2, 0) is 4.74 Å². The summed E-state index contributed by atoms with van der Waals surface area (Å²) < 4.78 is 6.48. The number of hydrogen-bond donors (Lipinski definition) is 0. The molecule has 0 aliphatic heterocycles. The lowest BCUT2D eigenvalue weighted by Crippen LogP contribution is -2.04. The van der Waals surface area contributed by atoms with Crippen molar-refractivity contribution in [3.63, 3.8) is 0 Å². The lowest BCUT2D eigenvalue weighted by Gasteiger charge is -2.09. The summed E-state index contributed by atoms with van der Waals surface area (Å²) in [5, 5.41) is 9.06. The summed E-state index contributed by atoms with van der Waals surface area (Å²) in [5.41, 5.74) is 2.71. The monoisotopic (exact) mass is 240 g/mol. The molecule has 0 aliphatic rings. The fraction of sp³-hybridized carbons (Fsp3) is 0.143. The van der Waals surface area contributed by atoms with Crippen LogP contribution < -0.4 is 0 Å². The maximum atomic E-state index is 11.5. The fourth-order valence-electron chi connectivity index (χ4n) is 1.86. The van der Waals surface area contributed by atoms with Gasteiger partial charge in [0, 0.05) is 11.4 Å². The predicted molar refractivity (Wildman–Crippen MR) is 66.6 cm³/mol. The summed E-state index contributed by atoms with van der Waals surface area (Å²) in [6.45, 7) is 1.91. The number of methoxy groups -OCH3 is 1. The summed E-state index contributed by atoms with van der Waals surface area (Å²) in [6, 6.07) is 12.7. The van der Waals surface area contributed by atoms with Gasteiger partial charge in [-0.1, -0.05) is 6.07 Å². The Morgan fingerprint density at radius 3 is 2.78 bits per heavy atom. The van der Waals surface area contributed by atoms with Gasteiger partial charge in [-0.2, -0.15) is 5.26 Å². The third-order valence-corrected chi connectivity index (χ3v) is 2.72. The molecule has 4 nitrogen and oxygen atoms in total. The van der Waals surface area contributed by atoms with E-state index in [1.165, 1.54) is 7.11 Å². The van der Waals surface area contributed by atoms with Crippen molar-refractivity contribution in [2.75, 3.05) is 7.11 Å². The molecule has 4 heteroatoms. The van der Waals surface area contributed by atoms with Crippen molar-refractivity contribution in [1.29, 1.82) is 5.26 Å². The van der Waals surface area contributed by atoms with E-state index in [4.69, 9.17) is 5.26 Å². The molecule has 0 radical (unpaired) electrons. The number of rotatable bonds is 2. The van der Waals surface area contributed by atoms with Crippen LogP contribution in [0.2, 0.25) is 0 Å². The molecule has 0 aliphatic carbocycles. The number of nitrogens with zero attached hydrogens (tertiary/aromatic N) is 2. The van der Waals surface area contributed by atoms with Gasteiger partial charge in [0.05, 0.1) is 12.7 Å². The number of carbonyl (C=O) groups excluding carboxylic acids is 1. The average molecular weight is 240 g/mol. The number of aromatic nitrogens is 1. The minimum Gasteiger partial charge on any atom is -0.465 e. The quantitative estimate of drug-likeness (QED) is 0.757. The van der Waals surface area contributed by atoms with Gasteiger partial charge in [0.15, 0.2) is 0 Å². The molecule has 0 spiro atoms. The van der Waals surface area contributed by atoms with Crippen molar-refractivity contribution in [2.45, 2.75) is 6.92 Å². The van der Waals surface area contributed by atoms with Gasteiger partial charge in [0.1, 0.15) is 11.8 Å². The second-order valence-corrected chi connectivity index (χ2v) is 3.85. The van der Waals surface area contributed by atoms with Crippen molar-refractivity contribution < 1.29 is 9.53 Å². The van der Waals surface area contributed by atoms with Gasteiger partial charge in [-0.25, -0.2) is 4.79 Å². The van der Waals surface area contributed by atoms with Gasteiger partial charge < -0.3 is 9.30 Å². The van der Waals surface area contributed by atoms with Crippen LogP contribution >= 0.6 is 0 Å². The Hall–Kier alpha value is -2.54. The second kappa shape index (κ2) is 4.76. The first kappa shape index (κ1) is 11.9. The zero-order chi connectivity index (χ0) is 13.1. The van der Waals surface area contributed by atoms with Crippen LogP contribution in [0.25, 0.3) is 5.69 Å². The van der Waals surface area contributed by atoms with E-state index in [0.717, 1.165) is 11.4 Å². The molecule has 0 atom stereocenters. The van der Waals surface area contributed by atoms with Crippen molar-refractivity contribution in [3.05, 3.63) is 53.3 Å². The second-order valence-electron chi connectivity index (χ2n) is 3.85. The van der Waals surface area contributed by atoms with Crippen LogP contribution in [0.5, 0.6) is 0 Å².